The summed E-state index contributed by atoms with van der Waals surface area (Å²) in [5.41, 5.74) is 0. The van der Waals surface area contributed by atoms with Gasteiger partial charge in [-0.05, 0) is 24.3 Å². The molecule has 1 amide bonds. The molecule has 0 radical (unpaired) electrons. The lowest BCUT2D eigenvalue weighted by atomic mass is 10.1. The smallest absolute Gasteiger partial charge is 0.222 e. The predicted octanol–water partition coefficient (Wildman–Crippen LogP) is 2.84. The molecule has 1 atom stereocenters. The zero-order valence-corrected chi connectivity index (χ0v) is 13.3. The molecule has 0 bridgehead atoms. The minimum Gasteiger partial charge on any atom is -0.493 e. The maximum Gasteiger partial charge on any atom is 0.222 e. The summed E-state index contributed by atoms with van der Waals surface area (Å²) in [4.78, 5) is 14.0. The monoisotopic (exact) mass is 313 g/mol. The molecule has 0 spiro atoms. The standard InChI is InChI=1S/C19H23NO3/c21-14-15-10-11-20(13-15)19(22)9-4-12-23-18-8-3-6-16-5-1-2-7-17(16)18/h1-3,5-8,15,21H,4,9-14H2. The van der Waals surface area contributed by atoms with Crippen molar-refractivity contribution in [3.63, 3.8) is 0 Å². The average molecular weight is 313 g/mol. The first-order valence-corrected chi connectivity index (χ1v) is 8.27. The van der Waals surface area contributed by atoms with Gasteiger partial charge in [0, 0.05) is 37.4 Å². The highest BCUT2D eigenvalue weighted by molar-refractivity contribution is 5.88. The van der Waals surface area contributed by atoms with E-state index in [9.17, 15) is 4.79 Å². The Bertz CT molecular complexity index is 665. The number of hydrogen-bond donors (Lipinski definition) is 1. The molecule has 3 rings (SSSR count). The molecule has 0 saturated carbocycles. The van der Waals surface area contributed by atoms with Crippen molar-refractivity contribution in [1.29, 1.82) is 0 Å². The van der Waals surface area contributed by atoms with Crippen LogP contribution in [0.15, 0.2) is 42.5 Å². The second-order valence-electron chi connectivity index (χ2n) is 6.11. The van der Waals surface area contributed by atoms with Gasteiger partial charge in [-0.2, -0.15) is 0 Å². The van der Waals surface area contributed by atoms with Crippen LogP contribution in [0.25, 0.3) is 10.8 Å². The molecule has 23 heavy (non-hydrogen) atoms. The minimum absolute atomic E-state index is 0.169. The molecule has 1 N–H and O–H groups in total. The summed E-state index contributed by atoms with van der Waals surface area (Å²) in [5, 5.41) is 11.4. The Kier molecular flexibility index (Phi) is 5.13. The Morgan fingerprint density at radius 1 is 1.22 bits per heavy atom. The fourth-order valence-electron chi connectivity index (χ4n) is 3.09. The number of aliphatic hydroxyl groups is 1. The third-order valence-corrected chi connectivity index (χ3v) is 4.44. The maximum atomic E-state index is 12.1. The topological polar surface area (TPSA) is 49.8 Å². The highest BCUT2D eigenvalue weighted by Gasteiger charge is 2.24. The lowest BCUT2D eigenvalue weighted by Gasteiger charge is -2.16. The first-order valence-electron chi connectivity index (χ1n) is 8.27. The molecule has 122 valence electrons. The molecule has 1 aliphatic heterocycles. The van der Waals surface area contributed by atoms with Crippen LogP contribution in [0.2, 0.25) is 0 Å². The van der Waals surface area contributed by atoms with Crippen LogP contribution in [0.1, 0.15) is 19.3 Å². The van der Waals surface area contributed by atoms with Gasteiger partial charge in [-0.25, -0.2) is 0 Å². The highest BCUT2D eigenvalue weighted by atomic mass is 16.5. The number of likely N-dealkylation sites (tertiary alicyclic amines) is 1. The summed E-state index contributed by atoms with van der Waals surface area (Å²) in [5.74, 6) is 1.30. The van der Waals surface area contributed by atoms with Gasteiger partial charge in [-0.15, -0.1) is 0 Å². The summed E-state index contributed by atoms with van der Waals surface area (Å²) in [6.07, 6.45) is 2.13. The number of aliphatic hydroxyl groups excluding tert-OH is 1. The molecule has 4 nitrogen and oxygen atoms in total. The molecular formula is C19H23NO3. The van der Waals surface area contributed by atoms with Gasteiger partial charge >= 0.3 is 0 Å². The van der Waals surface area contributed by atoms with Crippen molar-refractivity contribution in [2.75, 3.05) is 26.3 Å². The Hall–Kier alpha value is -2.07. The van der Waals surface area contributed by atoms with E-state index in [2.05, 4.69) is 18.2 Å². The normalized spacial score (nSPS) is 17.6. The van der Waals surface area contributed by atoms with Crippen molar-refractivity contribution in [3.8, 4) is 5.75 Å². The lowest BCUT2D eigenvalue weighted by Crippen LogP contribution is -2.29. The van der Waals surface area contributed by atoms with Gasteiger partial charge < -0.3 is 14.7 Å². The van der Waals surface area contributed by atoms with Crippen LogP contribution >= 0.6 is 0 Å². The number of benzene rings is 2. The molecule has 1 fully saturated rings. The van der Waals surface area contributed by atoms with Crippen LogP contribution in [0.3, 0.4) is 0 Å². The summed E-state index contributed by atoms with van der Waals surface area (Å²) < 4.78 is 5.86. The van der Waals surface area contributed by atoms with Gasteiger partial charge in [0.15, 0.2) is 0 Å². The zero-order chi connectivity index (χ0) is 16.1. The van der Waals surface area contributed by atoms with Crippen LogP contribution in [-0.4, -0.2) is 42.2 Å². The largest absolute Gasteiger partial charge is 0.493 e. The zero-order valence-electron chi connectivity index (χ0n) is 13.3. The minimum atomic E-state index is 0.169. The van der Waals surface area contributed by atoms with E-state index in [4.69, 9.17) is 9.84 Å². The predicted molar refractivity (Wildman–Crippen MR) is 90.4 cm³/mol. The van der Waals surface area contributed by atoms with Crippen LogP contribution in [0.4, 0.5) is 0 Å². The van der Waals surface area contributed by atoms with E-state index in [1.807, 2.05) is 29.2 Å². The van der Waals surface area contributed by atoms with Crippen molar-refractivity contribution in [2.45, 2.75) is 19.3 Å². The first kappa shape index (κ1) is 15.8. The molecule has 1 heterocycles. The third-order valence-electron chi connectivity index (χ3n) is 4.44. The summed E-state index contributed by atoms with van der Waals surface area (Å²) in [6, 6.07) is 14.2. The van der Waals surface area contributed by atoms with Crippen molar-refractivity contribution in [1.82, 2.24) is 4.90 Å². The fourth-order valence-corrected chi connectivity index (χ4v) is 3.09. The number of fused-ring (bicyclic) bond motifs is 1. The van der Waals surface area contributed by atoms with E-state index < -0.39 is 0 Å². The van der Waals surface area contributed by atoms with E-state index in [0.717, 1.165) is 29.5 Å². The van der Waals surface area contributed by atoms with Gasteiger partial charge in [0.25, 0.3) is 0 Å². The fraction of sp³-hybridized carbons (Fsp3) is 0.421. The van der Waals surface area contributed by atoms with Gasteiger partial charge in [0.05, 0.1) is 6.61 Å². The van der Waals surface area contributed by atoms with Crippen molar-refractivity contribution < 1.29 is 14.6 Å². The molecule has 0 aromatic heterocycles. The second kappa shape index (κ2) is 7.47. The quantitative estimate of drug-likeness (QED) is 0.834. The second-order valence-corrected chi connectivity index (χ2v) is 6.11. The number of nitrogens with zero attached hydrogens (tertiary/aromatic N) is 1. The lowest BCUT2D eigenvalue weighted by molar-refractivity contribution is -0.130. The Morgan fingerprint density at radius 3 is 2.87 bits per heavy atom. The van der Waals surface area contributed by atoms with E-state index in [1.54, 1.807) is 0 Å². The SMILES string of the molecule is O=C(CCCOc1cccc2ccccc12)N1CCC(CO)C1. The number of rotatable bonds is 6. The van der Waals surface area contributed by atoms with Crippen molar-refractivity contribution >= 4 is 16.7 Å². The Balaban J connectivity index is 1.47. The van der Waals surface area contributed by atoms with Gasteiger partial charge in [0.1, 0.15) is 5.75 Å². The number of carbonyl (C=O) groups is 1. The molecule has 4 heteroatoms. The molecule has 1 unspecified atom stereocenters. The van der Waals surface area contributed by atoms with Crippen LogP contribution < -0.4 is 4.74 Å². The van der Waals surface area contributed by atoms with Crippen molar-refractivity contribution in [3.05, 3.63) is 42.5 Å². The molecule has 1 aliphatic rings. The van der Waals surface area contributed by atoms with Gasteiger partial charge in [-0.3, -0.25) is 4.79 Å². The Morgan fingerprint density at radius 2 is 2.04 bits per heavy atom. The Labute approximate surface area is 136 Å². The molecular weight excluding hydrogens is 290 g/mol. The van der Waals surface area contributed by atoms with Crippen LogP contribution in [0.5, 0.6) is 5.75 Å². The highest BCUT2D eigenvalue weighted by Crippen LogP contribution is 2.25. The number of amides is 1. The van der Waals surface area contributed by atoms with Crippen LogP contribution in [-0.2, 0) is 4.79 Å². The number of hydrogen-bond acceptors (Lipinski definition) is 3. The molecule has 2 aromatic rings. The first-order chi connectivity index (χ1) is 11.3. The molecule has 1 saturated heterocycles. The number of ether oxygens (including phenoxy) is 1. The molecule has 2 aromatic carbocycles. The average Bonchev–Trinajstić information content (AvgIpc) is 3.08. The third kappa shape index (κ3) is 3.82. The number of carbonyl (C=O) groups excluding carboxylic acids is 1. The van der Waals surface area contributed by atoms with E-state index in [1.165, 1.54) is 0 Å². The van der Waals surface area contributed by atoms with E-state index in [-0.39, 0.29) is 18.4 Å². The van der Waals surface area contributed by atoms with Crippen LogP contribution in [0, 0.1) is 5.92 Å². The van der Waals surface area contributed by atoms with Gasteiger partial charge in [0.2, 0.25) is 5.91 Å². The van der Waals surface area contributed by atoms with E-state index in [0.29, 0.717) is 26.0 Å². The van der Waals surface area contributed by atoms with Crippen molar-refractivity contribution in [2.24, 2.45) is 5.92 Å². The van der Waals surface area contributed by atoms with Gasteiger partial charge in [-0.1, -0.05) is 36.4 Å². The van der Waals surface area contributed by atoms with E-state index >= 15 is 0 Å². The maximum absolute atomic E-state index is 12.1. The summed E-state index contributed by atoms with van der Waals surface area (Å²) in [7, 11) is 0. The summed E-state index contributed by atoms with van der Waals surface area (Å²) >= 11 is 0. The summed E-state index contributed by atoms with van der Waals surface area (Å²) in [6.45, 7) is 2.18. The molecule has 0 aliphatic carbocycles.